The lowest BCUT2D eigenvalue weighted by atomic mass is 10.1. The lowest BCUT2D eigenvalue weighted by molar-refractivity contribution is 0.104. The van der Waals surface area contributed by atoms with Crippen LogP contribution in [0.3, 0.4) is 0 Å². The van der Waals surface area contributed by atoms with E-state index in [4.69, 9.17) is 8.83 Å². The lowest BCUT2D eigenvalue weighted by Gasteiger charge is -1.95. The van der Waals surface area contributed by atoms with Crippen LogP contribution in [0.5, 0.6) is 0 Å². The van der Waals surface area contributed by atoms with Crippen LogP contribution in [-0.2, 0) is 0 Å². The number of carbonyl (C=O) groups excluding carboxylic acids is 1. The highest BCUT2D eigenvalue weighted by Crippen LogP contribution is 2.24. The Morgan fingerprint density at radius 2 is 1.47 bits per heavy atom. The van der Waals surface area contributed by atoms with E-state index in [9.17, 15) is 9.59 Å². The van der Waals surface area contributed by atoms with Gasteiger partial charge in [-0.2, -0.15) is 0 Å². The maximum Gasteiger partial charge on any atom is 0.336 e. The van der Waals surface area contributed by atoms with Crippen LogP contribution in [0.15, 0.2) is 117 Å². The molecule has 0 fully saturated rings. The molecule has 4 heteroatoms. The molecule has 0 atom stereocenters. The van der Waals surface area contributed by atoms with Gasteiger partial charge in [0.15, 0.2) is 5.78 Å². The van der Waals surface area contributed by atoms with E-state index >= 15 is 0 Å². The molecule has 0 N–H and O–H groups in total. The Morgan fingerprint density at radius 1 is 0.767 bits per heavy atom. The summed E-state index contributed by atoms with van der Waals surface area (Å²) in [5, 5.41) is 1.73. The lowest BCUT2D eigenvalue weighted by Crippen LogP contribution is -1.93. The maximum absolute atomic E-state index is 11.7. The highest BCUT2D eigenvalue weighted by molar-refractivity contribution is 6.06. The molecule has 2 aromatic heterocycles. The number of hydrogen-bond donors (Lipinski definition) is 0. The molecular weight excluding hydrogens is 376 g/mol. The van der Waals surface area contributed by atoms with Crippen molar-refractivity contribution in [3.63, 3.8) is 0 Å². The number of ketones is 1. The monoisotopic (exact) mass is 394 g/mol. The zero-order valence-electron chi connectivity index (χ0n) is 16.0. The van der Waals surface area contributed by atoms with Crippen LogP contribution in [-0.4, -0.2) is 5.78 Å². The highest BCUT2D eigenvalue weighted by atomic mass is 16.4. The number of rotatable bonds is 3. The van der Waals surface area contributed by atoms with Gasteiger partial charge in [-0.15, -0.1) is 0 Å². The maximum atomic E-state index is 11.7. The Hall–Kier alpha value is -4.18. The van der Waals surface area contributed by atoms with Gasteiger partial charge in [0.05, 0.1) is 11.6 Å². The fraction of sp³-hybridized carbons (Fsp3) is 0. The van der Waals surface area contributed by atoms with Gasteiger partial charge in [0.25, 0.3) is 0 Å². The van der Waals surface area contributed by atoms with E-state index < -0.39 is 0 Å². The molecule has 0 saturated heterocycles. The molecule has 0 bridgehead atoms. The average Bonchev–Trinajstić information content (AvgIpc) is 3.29. The molecule has 0 unspecified atom stereocenters. The van der Waals surface area contributed by atoms with Crippen LogP contribution < -0.4 is 5.63 Å². The molecule has 3 aromatic carbocycles. The molecular formula is C26H18O4. The molecule has 5 aromatic rings. The molecule has 30 heavy (non-hydrogen) atoms. The van der Waals surface area contributed by atoms with Gasteiger partial charge in [-0.25, -0.2) is 4.79 Å². The van der Waals surface area contributed by atoms with E-state index in [2.05, 4.69) is 0 Å². The number of carbonyl (C=O) groups is 1. The van der Waals surface area contributed by atoms with Gasteiger partial charge >= 0.3 is 5.63 Å². The van der Waals surface area contributed by atoms with Gasteiger partial charge in [0.2, 0.25) is 0 Å². The third kappa shape index (κ3) is 4.45. The summed E-state index contributed by atoms with van der Waals surface area (Å²) < 4.78 is 10.3. The molecule has 0 aliphatic rings. The van der Waals surface area contributed by atoms with Crippen LogP contribution in [0.25, 0.3) is 28.0 Å². The largest absolute Gasteiger partial charge is 0.464 e. The minimum absolute atomic E-state index is 0.0319. The topological polar surface area (TPSA) is 60.4 Å². The minimum atomic E-state index is -0.341. The van der Waals surface area contributed by atoms with Crippen molar-refractivity contribution >= 4 is 33.8 Å². The molecule has 0 aliphatic carbocycles. The number of furan rings is 1. The van der Waals surface area contributed by atoms with Gasteiger partial charge < -0.3 is 8.83 Å². The van der Waals surface area contributed by atoms with Crippen molar-refractivity contribution < 1.29 is 13.6 Å². The van der Waals surface area contributed by atoms with Crippen molar-refractivity contribution in [2.75, 3.05) is 0 Å². The molecule has 0 amide bonds. The summed E-state index contributed by atoms with van der Waals surface area (Å²) in [7, 11) is 0. The van der Waals surface area contributed by atoms with Gasteiger partial charge in [-0.3, -0.25) is 4.79 Å². The molecule has 0 radical (unpaired) electrons. The van der Waals surface area contributed by atoms with Crippen LogP contribution >= 0.6 is 0 Å². The summed E-state index contributed by atoms with van der Waals surface area (Å²) in [6.07, 6.45) is 5.01. The summed E-state index contributed by atoms with van der Waals surface area (Å²) in [6, 6.07) is 27.7. The number of fused-ring (bicyclic) bond motifs is 3. The standard InChI is InChI=1S/C15H12O.C11H6O3/c16-15(14-9-5-2-6-10-14)12-11-13-7-3-1-4-8-13;12-10-4-2-7-1-3-9-8(5-6-13-9)11(7)14-10/h1-12H;1-6H. The first-order valence-corrected chi connectivity index (χ1v) is 9.43. The van der Waals surface area contributed by atoms with E-state index in [-0.39, 0.29) is 11.4 Å². The summed E-state index contributed by atoms with van der Waals surface area (Å²) >= 11 is 0. The van der Waals surface area contributed by atoms with Crippen molar-refractivity contribution in [3.05, 3.63) is 125 Å². The van der Waals surface area contributed by atoms with Crippen molar-refractivity contribution in [1.82, 2.24) is 0 Å². The predicted octanol–water partition coefficient (Wildman–Crippen LogP) is 6.12. The van der Waals surface area contributed by atoms with E-state index in [0.29, 0.717) is 5.58 Å². The van der Waals surface area contributed by atoms with Gasteiger partial charge in [0.1, 0.15) is 11.2 Å². The Kier molecular flexibility index (Phi) is 5.67. The molecule has 146 valence electrons. The summed E-state index contributed by atoms with van der Waals surface area (Å²) in [6.45, 7) is 0. The van der Waals surface area contributed by atoms with Crippen LogP contribution in [0.4, 0.5) is 0 Å². The first-order chi connectivity index (χ1) is 14.7. The number of allylic oxidation sites excluding steroid dienone is 1. The average molecular weight is 394 g/mol. The van der Waals surface area contributed by atoms with Crippen molar-refractivity contribution in [1.29, 1.82) is 0 Å². The van der Waals surface area contributed by atoms with Crippen molar-refractivity contribution in [2.45, 2.75) is 0 Å². The second kappa shape index (κ2) is 8.88. The molecule has 0 spiro atoms. The van der Waals surface area contributed by atoms with Gasteiger partial charge in [-0.05, 0) is 35.9 Å². The molecule has 0 saturated carbocycles. The number of benzene rings is 3. The SMILES string of the molecule is O=C(C=Cc1ccccc1)c1ccccc1.O=c1ccc2ccc3occc3c2o1. The molecule has 0 aliphatic heterocycles. The fourth-order valence-corrected chi connectivity index (χ4v) is 3.01. The van der Waals surface area contributed by atoms with Crippen LogP contribution in [0, 0.1) is 0 Å². The molecule has 2 heterocycles. The second-order valence-corrected chi connectivity index (χ2v) is 6.55. The summed E-state index contributed by atoms with van der Waals surface area (Å²) in [5.41, 5.74) is 2.73. The third-order valence-electron chi connectivity index (χ3n) is 4.50. The Bertz CT molecular complexity index is 1360. The fourth-order valence-electron chi connectivity index (χ4n) is 3.01. The minimum Gasteiger partial charge on any atom is -0.464 e. The van der Waals surface area contributed by atoms with Crippen LogP contribution in [0.2, 0.25) is 0 Å². The van der Waals surface area contributed by atoms with Crippen molar-refractivity contribution in [3.8, 4) is 0 Å². The zero-order valence-corrected chi connectivity index (χ0v) is 16.0. The molecule has 5 rings (SSSR count). The highest BCUT2D eigenvalue weighted by Gasteiger charge is 2.04. The zero-order chi connectivity index (χ0) is 20.8. The van der Waals surface area contributed by atoms with Crippen molar-refractivity contribution in [2.24, 2.45) is 0 Å². The Labute approximate surface area is 172 Å². The van der Waals surface area contributed by atoms with Crippen LogP contribution in [0.1, 0.15) is 15.9 Å². The van der Waals surface area contributed by atoms with E-state index in [0.717, 1.165) is 27.5 Å². The van der Waals surface area contributed by atoms with E-state index in [1.807, 2.05) is 78.9 Å². The van der Waals surface area contributed by atoms with E-state index in [1.54, 1.807) is 24.5 Å². The van der Waals surface area contributed by atoms with E-state index in [1.165, 1.54) is 6.07 Å². The predicted molar refractivity (Wildman–Crippen MR) is 119 cm³/mol. The Morgan fingerprint density at radius 3 is 2.23 bits per heavy atom. The van der Waals surface area contributed by atoms with Gasteiger partial charge in [0, 0.05) is 17.0 Å². The quantitative estimate of drug-likeness (QED) is 0.210. The molecule has 4 nitrogen and oxygen atoms in total. The smallest absolute Gasteiger partial charge is 0.336 e. The first-order valence-electron chi connectivity index (χ1n) is 9.43. The first kappa shape index (κ1) is 19.2. The summed E-state index contributed by atoms with van der Waals surface area (Å²) in [5.74, 6) is 0.0319. The van der Waals surface area contributed by atoms with Gasteiger partial charge in [-0.1, -0.05) is 66.7 Å². The second-order valence-electron chi connectivity index (χ2n) is 6.55. The third-order valence-corrected chi connectivity index (χ3v) is 4.50. The summed E-state index contributed by atoms with van der Waals surface area (Å²) in [4.78, 5) is 22.8. The number of hydrogen-bond acceptors (Lipinski definition) is 4. The normalized spacial score (nSPS) is 10.8. The Balaban J connectivity index is 0.000000146.